The third-order valence-corrected chi connectivity index (χ3v) is 5.86. The Bertz CT molecular complexity index is 981. The molecule has 0 unspecified atom stereocenters. The first-order valence-electron chi connectivity index (χ1n) is 10.5. The van der Waals surface area contributed by atoms with E-state index in [1.807, 2.05) is 43.3 Å². The number of rotatable bonds is 5. The molecule has 4 rings (SSSR count). The van der Waals surface area contributed by atoms with Crippen LogP contribution in [-0.4, -0.2) is 62.6 Å². The van der Waals surface area contributed by atoms with E-state index in [4.69, 9.17) is 26.1 Å². The van der Waals surface area contributed by atoms with Gasteiger partial charge in [0.2, 0.25) is 5.91 Å². The van der Waals surface area contributed by atoms with Gasteiger partial charge in [0.05, 0.1) is 18.1 Å². The molecule has 2 aromatic carbocycles. The Labute approximate surface area is 187 Å². The highest BCUT2D eigenvalue weighted by molar-refractivity contribution is 6.31. The number of methoxy groups -OCH3 is 1. The van der Waals surface area contributed by atoms with Crippen LogP contribution >= 0.6 is 11.6 Å². The second kappa shape index (κ2) is 9.68. The summed E-state index contributed by atoms with van der Waals surface area (Å²) in [6.07, 6.45) is 0. The fraction of sp³-hybridized carbons (Fsp3) is 0.391. The maximum absolute atomic E-state index is 12.6. The number of piperazine rings is 1. The van der Waals surface area contributed by atoms with Crippen LogP contribution in [-0.2, 0) is 9.53 Å². The van der Waals surface area contributed by atoms with Gasteiger partial charge in [-0.2, -0.15) is 0 Å². The second-order valence-corrected chi connectivity index (χ2v) is 8.16. The van der Waals surface area contributed by atoms with Crippen LogP contribution in [0.3, 0.4) is 0 Å². The Kier molecular flexibility index (Phi) is 6.75. The Morgan fingerprint density at radius 3 is 3.03 bits per heavy atom. The largest absolute Gasteiger partial charge is 0.454 e. The van der Waals surface area contributed by atoms with Crippen LogP contribution in [0.1, 0.15) is 12.5 Å². The van der Waals surface area contributed by atoms with Crippen LogP contribution in [0.5, 0.6) is 11.5 Å². The Morgan fingerprint density at radius 1 is 1.35 bits per heavy atom. The van der Waals surface area contributed by atoms with Gasteiger partial charge >= 0.3 is 0 Å². The number of amidine groups is 1. The monoisotopic (exact) mass is 442 g/mol. The summed E-state index contributed by atoms with van der Waals surface area (Å²) in [5, 5.41) is 7.03. The van der Waals surface area contributed by atoms with Gasteiger partial charge in [0, 0.05) is 44.4 Å². The lowest BCUT2D eigenvalue weighted by Gasteiger charge is -2.38. The molecule has 2 N–H and O–H groups in total. The minimum Gasteiger partial charge on any atom is -0.454 e. The molecule has 2 heterocycles. The van der Waals surface area contributed by atoms with Gasteiger partial charge in [-0.1, -0.05) is 30.7 Å². The van der Waals surface area contributed by atoms with E-state index in [9.17, 15) is 4.79 Å². The van der Waals surface area contributed by atoms with Crippen molar-refractivity contribution in [3.8, 4) is 11.5 Å². The van der Waals surface area contributed by atoms with Crippen molar-refractivity contribution in [3.63, 3.8) is 0 Å². The molecular formula is C23H27ClN4O3. The van der Waals surface area contributed by atoms with E-state index < -0.39 is 0 Å². The summed E-state index contributed by atoms with van der Waals surface area (Å²) in [6, 6.07) is 13.3. The van der Waals surface area contributed by atoms with E-state index in [-0.39, 0.29) is 17.9 Å². The molecule has 164 valence electrons. The van der Waals surface area contributed by atoms with Crippen molar-refractivity contribution < 1.29 is 14.3 Å². The first-order chi connectivity index (χ1) is 15.1. The molecule has 31 heavy (non-hydrogen) atoms. The highest BCUT2D eigenvalue weighted by atomic mass is 35.5. The van der Waals surface area contributed by atoms with Crippen LogP contribution in [0.4, 0.5) is 5.69 Å². The number of fused-ring (bicyclic) bond motifs is 2. The number of hydrogen-bond donors (Lipinski definition) is 2. The maximum atomic E-state index is 12.6. The Morgan fingerprint density at radius 2 is 2.19 bits per heavy atom. The van der Waals surface area contributed by atoms with Crippen molar-refractivity contribution in [2.75, 3.05) is 39.9 Å². The smallest absolute Gasteiger partial charge is 0.224 e. The number of para-hydroxylation sites is 1. The number of amides is 1. The summed E-state index contributed by atoms with van der Waals surface area (Å²) in [4.78, 5) is 19.7. The minimum atomic E-state index is -0.195. The lowest BCUT2D eigenvalue weighted by atomic mass is 9.98. The summed E-state index contributed by atoms with van der Waals surface area (Å²) in [6.45, 7) is 5.14. The van der Waals surface area contributed by atoms with Crippen LogP contribution in [0.2, 0.25) is 5.02 Å². The number of benzene rings is 2. The molecule has 2 aliphatic rings. The molecule has 1 saturated heterocycles. The summed E-state index contributed by atoms with van der Waals surface area (Å²) in [5.74, 6) is 2.07. The van der Waals surface area contributed by atoms with Gasteiger partial charge in [-0.3, -0.25) is 4.79 Å². The van der Waals surface area contributed by atoms with Gasteiger partial charge in [-0.05, 0) is 30.3 Å². The minimum absolute atomic E-state index is 0.00541. The molecule has 0 bridgehead atoms. The quantitative estimate of drug-likeness (QED) is 0.695. The number of ether oxygens (including phenoxy) is 2. The zero-order valence-electron chi connectivity index (χ0n) is 17.7. The second-order valence-electron chi connectivity index (χ2n) is 7.72. The van der Waals surface area contributed by atoms with Crippen LogP contribution < -0.4 is 15.4 Å². The van der Waals surface area contributed by atoms with Crippen molar-refractivity contribution >= 4 is 29.0 Å². The average molecular weight is 443 g/mol. The fourth-order valence-electron chi connectivity index (χ4n) is 3.86. The summed E-state index contributed by atoms with van der Waals surface area (Å²) in [5.41, 5.74) is 1.62. The molecule has 2 aromatic rings. The molecule has 8 heteroatoms. The fourth-order valence-corrected chi connectivity index (χ4v) is 4.03. The van der Waals surface area contributed by atoms with E-state index in [2.05, 4.69) is 15.5 Å². The summed E-state index contributed by atoms with van der Waals surface area (Å²) >= 11 is 6.22. The molecule has 0 saturated carbocycles. The molecule has 0 aliphatic carbocycles. The normalized spacial score (nSPS) is 18.7. The molecule has 0 spiro atoms. The lowest BCUT2D eigenvalue weighted by molar-refractivity contribution is -0.125. The highest BCUT2D eigenvalue weighted by Gasteiger charge is 2.31. The SMILES string of the molecule is COCCNC(=O)[C@@H](C)[C@H]1CN(C2=Nc3cc(Cl)ccc3Oc3ccccc32)CCN1. The van der Waals surface area contributed by atoms with Crippen molar-refractivity contribution in [3.05, 3.63) is 53.1 Å². The third-order valence-electron chi connectivity index (χ3n) is 5.62. The van der Waals surface area contributed by atoms with Gasteiger partial charge in [0.15, 0.2) is 5.75 Å². The van der Waals surface area contributed by atoms with Gasteiger partial charge in [0.25, 0.3) is 0 Å². The van der Waals surface area contributed by atoms with Crippen LogP contribution in [0.15, 0.2) is 47.5 Å². The van der Waals surface area contributed by atoms with Gasteiger partial charge < -0.3 is 25.0 Å². The molecule has 7 nitrogen and oxygen atoms in total. The molecule has 1 fully saturated rings. The molecule has 0 radical (unpaired) electrons. The first-order valence-corrected chi connectivity index (χ1v) is 10.8. The Hall–Kier alpha value is -2.61. The molecular weight excluding hydrogens is 416 g/mol. The molecule has 2 atom stereocenters. The number of carbonyl (C=O) groups excluding carboxylic acids is 1. The zero-order chi connectivity index (χ0) is 21.8. The van der Waals surface area contributed by atoms with Crippen LogP contribution in [0.25, 0.3) is 0 Å². The highest BCUT2D eigenvalue weighted by Crippen LogP contribution is 2.39. The van der Waals surface area contributed by atoms with Crippen molar-refractivity contribution in [1.29, 1.82) is 0 Å². The lowest BCUT2D eigenvalue weighted by Crippen LogP contribution is -2.57. The van der Waals surface area contributed by atoms with E-state index in [0.29, 0.717) is 36.2 Å². The zero-order valence-corrected chi connectivity index (χ0v) is 18.5. The third kappa shape index (κ3) is 4.84. The van der Waals surface area contributed by atoms with Crippen molar-refractivity contribution in [2.45, 2.75) is 13.0 Å². The topological polar surface area (TPSA) is 75.2 Å². The number of hydrogen-bond acceptors (Lipinski definition) is 6. The molecule has 0 aromatic heterocycles. The number of aliphatic imine (C=N–C) groups is 1. The summed E-state index contributed by atoms with van der Waals surface area (Å²) < 4.78 is 11.2. The maximum Gasteiger partial charge on any atom is 0.224 e. The van der Waals surface area contributed by atoms with Crippen molar-refractivity contribution in [2.24, 2.45) is 10.9 Å². The predicted molar refractivity (Wildman–Crippen MR) is 122 cm³/mol. The van der Waals surface area contributed by atoms with E-state index in [0.717, 1.165) is 30.2 Å². The molecule has 2 aliphatic heterocycles. The molecule has 1 amide bonds. The number of halogens is 1. The summed E-state index contributed by atoms with van der Waals surface area (Å²) in [7, 11) is 1.62. The van der Waals surface area contributed by atoms with Crippen molar-refractivity contribution in [1.82, 2.24) is 15.5 Å². The average Bonchev–Trinajstić information content (AvgIpc) is 2.95. The predicted octanol–water partition coefficient (Wildman–Crippen LogP) is 3.20. The van der Waals surface area contributed by atoms with Gasteiger partial charge in [-0.25, -0.2) is 4.99 Å². The first kappa shape index (κ1) is 21.6. The van der Waals surface area contributed by atoms with E-state index in [1.54, 1.807) is 13.2 Å². The Balaban J connectivity index is 1.60. The van der Waals surface area contributed by atoms with Crippen LogP contribution in [0, 0.1) is 5.92 Å². The van der Waals surface area contributed by atoms with E-state index >= 15 is 0 Å². The van der Waals surface area contributed by atoms with E-state index in [1.165, 1.54) is 0 Å². The number of nitrogens with one attached hydrogen (secondary N) is 2. The number of carbonyl (C=O) groups is 1. The van der Waals surface area contributed by atoms with Gasteiger partial charge in [0.1, 0.15) is 17.3 Å². The van der Waals surface area contributed by atoms with Gasteiger partial charge in [-0.15, -0.1) is 0 Å². The standard InChI is InChI=1S/C23H27ClN4O3/c1-15(23(29)26-10-12-30-2)19-14-28(11-9-25-19)22-17-5-3-4-6-20(17)31-21-8-7-16(24)13-18(21)27-22/h3-8,13,15,19,25H,9-12,14H2,1-2H3,(H,26,29)/t15-,19+/m0/s1. The number of nitrogens with zero attached hydrogens (tertiary/aromatic N) is 2.